The van der Waals surface area contributed by atoms with E-state index < -0.39 is 6.04 Å². The Balaban J connectivity index is 1.51. The van der Waals surface area contributed by atoms with Gasteiger partial charge in [-0.05, 0) is 50.5 Å². The van der Waals surface area contributed by atoms with Crippen molar-refractivity contribution >= 4 is 29.1 Å². The molecule has 7 nitrogen and oxygen atoms in total. The van der Waals surface area contributed by atoms with E-state index in [4.69, 9.17) is 0 Å². The Hall–Kier alpha value is -2.57. The predicted molar refractivity (Wildman–Crippen MR) is 99.9 cm³/mol. The summed E-state index contributed by atoms with van der Waals surface area (Å²) in [4.78, 5) is 37.5. The van der Waals surface area contributed by atoms with Crippen LogP contribution in [-0.2, 0) is 14.4 Å². The van der Waals surface area contributed by atoms with Gasteiger partial charge in [0, 0.05) is 43.3 Å². The van der Waals surface area contributed by atoms with E-state index in [9.17, 15) is 14.4 Å². The smallest absolute Gasteiger partial charge is 0.246 e. The minimum Gasteiger partial charge on any atom is -0.371 e. The highest BCUT2D eigenvalue weighted by atomic mass is 16.2. The standard InChI is InChI=1S/C19H26N4O3/c1-2-20-18(25)13-9-11-23(12-10-13)15-5-3-14(4-6-15)21-19(26)16-7-8-17(24)22-16/h3-6,13,16H,2,7-12H2,1H3,(H,20,25)(H,21,26)(H,22,24). The molecule has 1 unspecified atom stereocenters. The number of anilines is 2. The molecule has 2 saturated heterocycles. The molecule has 7 heteroatoms. The highest BCUT2D eigenvalue weighted by Gasteiger charge is 2.27. The van der Waals surface area contributed by atoms with E-state index in [1.54, 1.807) is 0 Å². The summed E-state index contributed by atoms with van der Waals surface area (Å²) < 4.78 is 0. The van der Waals surface area contributed by atoms with Gasteiger partial charge in [-0.15, -0.1) is 0 Å². The first-order valence-corrected chi connectivity index (χ1v) is 9.29. The van der Waals surface area contributed by atoms with Crippen LogP contribution in [0.2, 0.25) is 0 Å². The normalized spacial score (nSPS) is 20.6. The number of hydrogen-bond donors (Lipinski definition) is 3. The number of nitrogens with zero attached hydrogens (tertiary/aromatic N) is 1. The molecular formula is C19H26N4O3. The summed E-state index contributed by atoms with van der Waals surface area (Å²) in [6.45, 7) is 4.31. The van der Waals surface area contributed by atoms with Crippen molar-refractivity contribution in [3.63, 3.8) is 0 Å². The van der Waals surface area contributed by atoms with Crippen molar-refractivity contribution < 1.29 is 14.4 Å². The van der Waals surface area contributed by atoms with Crippen molar-refractivity contribution in [2.75, 3.05) is 29.9 Å². The molecule has 2 aliphatic rings. The molecule has 2 aliphatic heterocycles. The minimum atomic E-state index is -0.435. The molecule has 0 aliphatic carbocycles. The van der Waals surface area contributed by atoms with Crippen LogP contribution in [0.1, 0.15) is 32.6 Å². The molecule has 2 heterocycles. The highest BCUT2D eigenvalue weighted by molar-refractivity contribution is 5.99. The molecule has 0 aromatic heterocycles. The Morgan fingerprint density at radius 1 is 1.12 bits per heavy atom. The third kappa shape index (κ3) is 4.33. The zero-order valence-electron chi connectivity index (χ0n) is 15.1. The van der Waals surface area contributed by atoms with Crippen molar-refractivity contribution in [2.45, 2.75) is 38.6 Å². The Kier molecular flexibility index (Phi) is 5.75. The molecule has 0 saturated carbocycles. The molecule has 2 fully saturated rings. The Bertz CT molecular complexity index is 666. The van der Waals surface area contributed by atoms with Gasteiger partial charge in [-0.25, -0.2) is 0 Å². The van der Waals surface area contributed by atoms with E-state index in [2.05, 4.69) is 20.9 Å². The molecule has 1 atom stereocenters. The van der Waals surface area contributed by atoms with Crippen LogP contribution in [-0.4, -0.2) is 43.4 Å². The maximum absolute atomic E-state index is 12.1. The van der Waals surface area contributed by atoms with Crippen molar-refractivity contribution in [2.24, 2.45) is 5.92 Å². The van der Waals surface area contributed by atoms with Crippen LogP contribution >= 0.6 is 0 Å². The summed E-state index contributed by atoms with van der Waals surface area (Å²) in [6, 6.07) is 7.28. The van der Waals surface area contributed by atoms with Gasteiger partial charge in [0.25, 0.3) is 0 Å². The molecule has 140 valence electrons. The summed E-state index contributed by atoms with van der Waals surface area (Å²) in [6.07, 6.45) is 2.66. The van der Waals surface area contributed by atoms with Crippen molar-refractivity contribution in [1.29, 1.82) is 0 Å². The zero-order valence-corrected chi connectivity index (χ0v) is 15.1. The van der Waals surface area contributed by atoms with Crippen LogP contribution < -0.4 is 20.9 Å². The lowest BCUT2D eigenvalue weighted by Gasteiger charge is -2.33. The van der Waals surface area contributed by atoms with Gasteiger partial charge in [0.2, 0.25) is 17.7 Å². The van der Waals surface area contributed by atoms with Gasteiger partial charge < -0.3 is 20.9 Å². The van der Waals surface area contributed by atoms with Crippen LogP contribution in [0.25, 0.3) is 0 Å². The van der Waals surface area contributed by atoms with Gasteiger partial charge in [-0.2, -0.15) is 0 Å². The van der Waals surface area contributed by atoms with E-state index in [1.807, 2.05) is 31.2 Å². The Morgan fingerprint density at radius 2 is 1.81 bits per heavy atom. The van der Waals surface area contributed by atoms with Gasteiger partial charge >= 0.3 is 0 Å². The summed E-state index contributed by atoms with van der Waals surface area (Å²) in [5.41, 5.74) is 1.81. The molecule has 0 spiro atoms. The van der Waals surface area contributed by atoms with E-state index in [0.29, 0.717) is 19.4 Å². The van der Waals surface area contributed by atoms with Gasteiger partial charge in [-0.1, -0.05) is 0 Å². The van der Waals surface area contributed by atoms with Gasteiger partial charge in [0.05, 0.1) is 0 Å². The van der Waals surface area contributed by atoms with Crippen LogP contribution in [0.3, 0.4) is 0 Å². The first-order chi connectivity index (χ1) is 12.6. The van der Waals surface area contributed by atoms with Crippen LogP contribution in [0.5, 0.6) is 0 Å². The summed E-state index contributed by atoms with van der Waals surface area (Å²) in [5, 5.41) is 8.41. The molecule has 26 heavy (non-hydrogen) atoms. The first kappa shape index (κ1) is 18.2. The molecule has 3 N–H and O–H groups in total. The number of hydrogen-bond acceptors (Lipinski definition) is 4. The van der Waals surface area contributed by atoms with Gasteiger partial charge in [-0.3, -0.25) is 14.4 Å². The number of nitrogens with one attached hydrogen (secondary N) is 3. The quantitative estimate of drug-likeness (QED) is 0.739. The summed E-state index contributed by atoms with van der Waals surface area (Å²) in [5.74, 6) is 0.0125. The van der Waals surface area contributed by atoms with Crippen molar-refractivity contribution in [1.82, 2.24) is 10.6 Å². The maximum atomic E-state index is 12.1. The number of piperidine rings is 1. The van der Waals surface area contributed by atoms with Crippen molar-refractivity contribution in [3.05, 3.63) is 24.3 Å². The number of benzene rings is 1. The minimum absolute atomic E-state index is 0.0727. The second-order valence-electron chi connectivity index (χ2n) is 6.85. The summed E-state index contributed by atoms with van der Waals surface area (Å²) in [7, 11) is 0. The number of amides is 3. The number of carbonyl (C=O) groups is 3. The molecular weight excluding hydrogens is 332 g/mol. The lowest BCUT2D eigenvalue weighted by atomic mass is 9.95. The fourth-order valence-corrected chi connectivity index (χ4v) is 3.51. The van der Waals surface area contributed by atoms with Crippen LogP contribution in [0.15, 0.2) is 24.3 Å². The monoisotopic (exact) mass is 358 g/mol. The lowest BCUT2D eigenvalue weighted by Crippen LogP contribution is -2.40. The molecule has 0 bridgehead atoms. The predicted octanol–water partition coefficient (Wildman–Crippen LogP) is 1.26. The lowest BCUT2D eigenvalue weighted by molar-refractivity contribution is -0.125. The van der Waals surface area contributed by atoms with E-state index in [-0.39, 0.29) is 23.6 Å². The average molecular weight is 358 g/mol. The maximum Gasteiger partial charge on any atom is 0.246 e. The second-order valence-corrected chi connectivity index (χ2v) is 6.85. The largest absolute Gasteiger partial charge is 0.371 e. The molecule has 1 aromatic rings. The Labute approximate surface area is 153 Å². The van der Waals surface area contributed by atoms with Gasteiger partial charge in [0.1, 0.15) is 6.04 Å². The first-order valence-electron chi connectivity index (χ1n) is 9.29. The van der Waals surface area contributed by atoms with Crippen molar-refractivity contribution in [3.8, 4) is 0 Å². The fourth-order valence-electron chi connectivity index (χ4n) is 3.51. The SMILES string of the molecule is CCNC(=O)C1CCN(c2ccc(NC(=O)C3CCC(=O)N3)cc2)CC1. The third-order valence-electron chi connectivity index (χ3n) is 5.03. The van der Waals surface area contributed by atoms with E-state index in [1.165, 1.54) is 0 Å². The van der Waals surface area contributed by atoms with Crippen LogP contribution in [0.4, 0.5) is 11.4 Å². The second kappa shape index (κ2) is 8.21. The van der Waals surface area contributed by atoms with Crippen LogP contribution in [0, 0.1) is 5.92 Å². The molecule has 3 rings (SSSR count). The van der Waals surface area contributed by atoms with E-state index >= 15 is 0 Å². The number of carbonyl (C=O) groups excluding carboxylic acids is 3. The summed E-state index contributed by atoms with van der Waals surface area (Å²) >= 11 is 0. The fraction of sp³-hybridized carbons (Fsp3) is 0.526. The zero-order chi connectivity index (χ0) is 18.5. The van der Waals surface area contributed by atoms with Gasteiger partial charge in [0.15, 0.2) is 0 Å². The average Bonchev–Trinajstić information content (AvgIpc) is 3.09. The topological polar surface area (TPSA) is 90.5 Å². The Morgan fingerprint density at radius 3 is 2.38 bits per heavy atom. The third-order valence-corrected chi connectivity index (χ3v) is 5.03. The molecule has 3 amide bonds. The molecule has 1 aromatic carbocycles. The number of rotatable bonds is 5. The van der Waals surface area contributed by atoms with E-state index in [0.717, 1.165) is 37.3 Å². The molecule has 0 radical (unpaired) electrons. The highest BCUT2D eigenvalue weighted by Crippen LogP contribution is 2.25.